The van der Waals surface area contributed by atoms with E-state index < -0.39 is 5.60 Å². The summed E-state index contributed by atoms with van der Waals surface area (Å²) in [7, 11) is 1.65. The summed E-state index contributed by atoms with van der Waals surface area (Å²) in [6, 6.07) is 5.97. The van der Waals surface area contributed by atoms with Crippen LogP contribution in [0.5, 0.6) is 0 Å². The van der Waals surface area contributed by atoms with Crippen molar-refractivity contribution in [1.82, 2.24) is 4.90 Å². The maximum Gasteiger partial charge on any atom is 0.306 e. The van der Waals surface area contributed by atoms with Crippen molar-refractivity contribution in [3.05, 3.63) is 35.6 Å². The van der Waals surface area contributed by atoms with Gasteiger partial charge in [0.15, 0.2) is 0 Å². The number of carbonyl (C=O) groups is 2. The molecule has 0 atom stereocenters. The predicted octanol–water partition coefficient (Wildman–Crippen LogP) is 2.91. The Morgan fingerprint density at radius 1 is 1.14 bits per heavy atom. The molecule has 1 aromatic carbocycles. The predicted molar refractivity (Wildman–Crippen MR) is 78.0 cm³/mol. The molecular formula is C16H22FNO3. The second kappa shape index (κ2) is 7.20. The average Bonchev–Trinajstić information content (AvgIpc) is 2.36. The lowest BCUT2D eigenvalue weighted by Gasteiger charge is -2.20. The molecule has 5 heteroatoms. The Labute approximate surface area is 124 Å². The van der Waals surface area contributed by atoms with Crippen molar-refractivity contribution in [2.75, 3.05) is 7.05 Å². The number of rotatable bonds is 5. The minimum atomic E-state index is -0.542. The molecule has 0 aliphatic carbocycles. The number of hydrogen-bond acceptors (Lipinski definition) is 3. The molecule has 0 saturated carbocycles. The summed E-state index contributed by atoms with van der Waals surface area (Å²) in [6.07, 6.45) is 0.163. The molecule has 0 saturated heterocycles. The SMILES string of the molecule is CN(Cc1ccc(F)cc1)C(=O)CCC(=O)OC(C)(C)C. The third-order valence-corrected chi connectivity index (χ3v) is 2.72. The topological polar surface area (TPSA) is 46.6 Å². The van der Waals surface area contributed by atoms with Crippen LogP contribution in [0.1, 0.15) is 39.2 Å². The monoisotopic (exact) mass is 295 g/mol. The van der Waals surface area contributed by atoms with Crippen LogP contribution in [0.2, 0.25) is 0 Å². The summed E-state index contributed by atoms with van der Waals surface area (Å²) in [4.78, 5) is 25.0. The molecule has 4 nitrogen and oxygen atoms in total. The zero-order valence-electron chi connectivity index (χ0n) is 13.0. The largest absolute Gasteiger partial charge is 0.460 e. The summed E-state index contributed by atoms with van der Waals surface area (Å²) in [5.74, 6) is -0.839. The number of hydrogen-bond donors (Lipinski definition) is 0. The van der Waals surface area contributed by atoms with Crippen molar-refractivity contribution in [1.29, 1.82) is 0 Å². The highest BCUT2D eigenvalue weighted by molar-refractivity contribution is 5.81. The fourth-order valence-electron chi connectivity index (χ4n) is 1.74. The van der Waals surface area contributed by atoms with Gasteiger partial charge in [0.1, 0.15) is 11.4 Å². The lowest BCUT2D eigenvalue weighted by atomic mass is 10.2. The highest BCUT2D eigenvalue weighted by Crippen LogP contribution is 2.11. The van der Waals surface area contributed by atoms with Gasteiger partial charge in [-0.2, -0.15) is 0 Å². The number of esters is 1. The summed E-state index contributed by atoms with van der Waals surface area (Å²) < 4.78 is 17.9. The van der Waals surface area contributed by atoms with Crippen LogP contribution in [0.3, 0.4) is 0 Å². The Balaban J connectivity index is 2.41. The van der Waals surface area contributed by atoms with Crippen LogP contribution in [-0.2, 0) is 20.9 Å². The van der Waals surface area contributed by atoms with E-state index in [1.54, 1.807) is 40.0 Å². The van der Waals surface area contributed by atoms with Gasteiger partial charge in [0, 0.05) is 20.0 Å². The Kier molecular flexibility index (Phi) is 5.88. The molecule has 0 bridgehead atoms. The number of nitrogens with zero attached hydrogens (tertiary/aromatic N) is 1. The summed E-state index contributed by atoms with van der Waals surface area (Å²) in [5.41, 5.74) is 0.296. The van der Waals surface area contributed by atoms with Gasteiger partial charge < -0.3 is 9.64 Å². The first-order valence-corrected chi connectivity index (χ1v) is 6.87. The van der Waals surface area contributed by atoms with Crippen molar-refractivity contribution in [2.45, 2.75) is 45.8 Å². The average molecular weight is 295 g/mol. The van der Waals surface area contributed by atoms with Crippen LogP contribution in [0.4, 0.5) is 4.39 Å². The van der Waals surface area contributed by atoms with E-state index in [0.29, 0.717) is 6.54 Å². The Hall–Kier alpha value is -1.91. The smallest absolute Gasteiger partial charge is 0.306 e. The van der Waals surface area contributed by atoms with E-state index in [-0.39, 0.29) is 30.5 Å². The molecule has 1 rings (SSSR count). The third-order valence-electron chi connectivity index (χ3n) is 2.72. The third kappa shape index (κ3) is 6.88. The number of benzene rings is 1. The van der Waals surface area contributed by atoms with E-state index in [1.807, 2.05) is 0 Å². The van der Waals surface area contributed by atoms with Gasteiger partial charge in [0.25, 0.3) is 0 Å². The molecule has 0 spiro atoms. The quantitative estimate of drug-likeness (QED) is 0.785. The van der Waals surface area contributed by atoms with Crippen molar-refractivity contribution < 1.29 is 18.7 Å². The first-order chi connectivity index (χ1) is 9.67. The molecule has 21 heavy (non-hydrogen) atoms. The van der Waals surface area contributed by atoms with Crippen LogP contribution in [0.25, 0.3) is 0 Å². The van der Waals surface area contributed by atoms with E-state index in [9.17, 15) is 14.0 Å². The zero-order chi connectivity index (χ0) is 16.0. The molecule has 0 aliphatic heterocycles. The molecule has 0 unspecified atom stereocenters. The van der Waals surface area contributed by atoms with Gasteiger partial charge in [-0.1, -0.05) is 12.1 Å². The molecule has 0 N–H and O–H groups in total. The molecule has 0 heterocycles. The zero-order valence-corrected chi connectivity index (χ0v) is 13.0. The van der Waals surface area contributed by atoms with E-state index in [0.717, 1.165) is 5.56 Å². The number of amides is 1. The van der Waals surface area contributed by atoms with Gasteiger partial charge in [-0.15, -0.1) is 0 Å². The maximum atomic E-state index is 12.8. The van der Waals surface area contributed by atoms with Crippen molar-refractivity contribution in [3.63, 3.8) is 0 Å². The number of halogens is 1. The van der Waals surface area contributed by atoms with Gasteiger partial charge in [-0.05, 0) is 38.5 Å². The molecule has 1 amide bonds. The fraction of sp³-hybridized carbons (Fsp3) is 0.500. The maximum absolute atomic E-state index is 12.8. The molecular weight excluding hydrogens is 273 g/mol. The second-order valence-electron chi connectivity index (χ2n) is 5.96. The highest BCUT2D eigenvalue weighted by Gasteiger charge is 2.18. The highest BCUT2D eigenvalue weighted by atomic mass is 19.1. The second-order valence-corrected chi connectivity index (χ2v) is 5.96. The Morgan fingerprint density at radius 2 is 1.71 bits per heavy atom. The Morgan fingerprint density at radius 3 is 2.24 bits per heavy atom. The van der Waals surface area contributed by atoms with E-state index >= 15 is 0 Å². The van der Waals surface area contributed by atoms with E-state index in [2.05, 4.69) is 0 Å². The lowest BCUT2D eigenvalue weighted by Crippen LogP contribution is -2.28. The van der Waals surface area contributed by atoms with E-state index in [1.165, 1.54) is 17.0 Å². The molecule has 116 valence electrons. The molecule has 0 aromatic heterocycles. The van der Waals surface area contributed by atoms with Gasteiger partial charge in [-0.25, -0.2) is 4.39 Å². The van der Waals surface area contributed by atoms with Gasteiger partial charge in [0.05, 0.1) is 6.42 Å². The lowest BCUT2D eigenvalue weighted by molar-refractivity contribution is -0.156. The van der Waals surface area contributed by atoms with Crippen LogP contribution in [-0.4, -0.2) is 29.4 Å². The van der Waals surface area contributed by atoms with Crippen LogP contribution in [0.15, 0.2) is 24.3 Å². The van der Waals surface area contributed by atoms with Crippen LogP contribution < -0.4 is 0 Å². The van der Waals surface area contributed by atoms with Gasteiger partial charge >= 0.3 is 5.97 Å². The minimum absolute atomic E-state index is 0.0594. The normalized spacial score (nSPS) is 11.1. The summed E-state index contributed by atoms with van der Waals surface area (Å²) in [5, 5.41) is 0. The standard InChI is InChI=1S/C16H22FNO3/c1-16(2,3)21-15(20)10-9-14(19)18(4)11-12-5-7-13(17)8-6-12/h5-8H,9-11H2,1-4H3. The van der Waals surface area contributed by atoms with Gasteiger partial charge in [0.2, 0.25) is 5.91 Å². The van der Waals surface area contributed by atoms with Gasteiger partial charge in [-0.3, -0.25) is 9.59 Å². The van der Waals surface area contributed by atoms with Crippen molar-refractivity contribution >= 4 is 11.9 Å². The van der Waals surface area contributed by atoms with Crippen molar-refractivity contribution in [3.8, 4) is 0 Å². The molecule has 0 radical (unpaired) electrons. The number of carbonyl (C=O) groups excluding carboxylic acids is 2. The summed E-state index contributed by atoms with van der Waals surface area (Å²) >= 11 is 0. The summed E-state index contributed by atoms with van der Waals surface area (Å²) in [6.45, 7) is 5.74. The number of ether oxygens (including phenoxy) is 1. The fourth-order valence-corrected chi connectivity index (χ4v) is 1.74. The molecule has 0 aliphatic rings. The Bertz CT molecular complexity index is 491. The first-order valence-electron chi connectivity index (χ1n) is 6.87. The molecule has 0 fully saturated rings. The van der Waals surface area contributed by atoms with Crippen LogP contribution in [0, 0.1) is 5.82 Å². The molecule has 1 aromatic rings. The van der Waals surface area contributed by atoms with E-state index in [4.69, 9.17) is 4.74 Å². The first kappa shape index (κ1) is 17.1. The minimum Gasteiger partial charge on any atom is -0.460 e. The van der Waals surface area contributed by atoms with Crippen LogP contribution >= 0.6 is 0 Å². The van der Waals surface area contributed by atoms with Crippen molar-refractivity contribution in [2.24, 2.45) is 0 Å².